The summed E-state index contributed by atoms with van der Waals surface area (Å²) < 4.78 is 0. The van der Waals surface area contributed by atoms with E-state index in [0.717, 1.165) is 0 Å². The van der Waals surface area contributed by atoms with Crippen LogP contribution in [-0.2, 0) is 17.1 Å². The van der Waals surface area contributed by atoms with Crippen molar-refractivity contribution in [3.05, 3.63) is 164 Å². The molecular weight excluding hydrogens is 423 g/mol. The van der Waals surface area contributed by atoms with Crippen molar-refractivity contribution in [2.45, 2.75) is 0 Å². The fraction of sp³-hybridized carbons (Fsp3) is 0. The minimum Gasteiger partial charge on any atom is -0.0622 e. The molecular formula is C28H21FeP+2. The number of rotatable bonds is 5. The van der Waals surface area contributed by atoms with Gasteiger partial charge in [-0.3, -0.25) is 0 Å². The topological polar surface area (TPSA) is 0 Å². The summed E-state index contributed by atoms with van der Waals surface area (Å²) in [6.45, 7) is 0. The van der Waals surface area contributed by atoms with Crippen LogP contribution in [0.4, 0.5) is 0 Å². The maximum Gasteiger partial charge on any atom is 2.00 e. The molecule has 2 aliphatic rings. The van der Waals surface area contributed by atoms with Gasteiger partial charge in [-0.1, -0.05) is 98.9 Å². The Kier molecular flexibility index (Phi) is 7.48. The summed E-state index contributed by atoms with van der Waals surface area (Å²) in [4.78, 5) is 0. The molecule has 5 rings (SSSR count). The first kappa shape index (κ1) is 21.8. The molecule has 3 aromatic carbocycles. The predicted molar refractivity (Wildman–Crippen MR) is 123 cm³/mol. The first-order valence-corrected chi connectivity index (χ1v) is 11.2. The Labute approximate surface area is 193 Å². The van der Waals surface area contributed by atoms with Crippen LogP contribution in [0.3, 0.4) is 0 Å². The van der Waals surface area contributed by atoms with Crippen LogP contribution in [0, 0.1) is 61.7 Å². The SMILES string of the molecule is [CH]1[CH][C](c2ccccc2)[C](P([C]2[CH][CH][CH][C]2c2ccccc2)c2ccccc2)[CH]1.[Fe+2]. The Morgan fingerprint density at radius 3 is 1.27 bits per heavy atom. The normalized spacial score (nSPS) is 18.7. The van der Waals surface area contributed by atoms with Crippen LogP contribution < -0.4 is 5.30 Å². The molecule has 2 fully saturated rings. The third-order valence-corrected chi connectivity index (χ3v) is 7.81. The summed E-state index contributed by atoms with van der Waals surface area (Å²) in [5.74, 6) is 2.67. The Morgan fingerprint density at radius 2 is 0.833 bits per heavy atom. The Bertz CT molecular complexity index is 838. The van der Waals surface area contributed by atoms with E-state index in [1.807, 2.05) is 0 Å². The molecule has 2 aliphatic carbocycles. The molecule has 30 heavy (non-hydrogen) atoms. The predicted octanol–water partition coefficient (Wildman–Crippen LogP) is 6.35. The van der Waals surface area contributed by atoms with Gasteiger partial charge in [0.05, 0.1) is 0 Å². The molecule has 0 nitrogen and oxygen atoms in total. The molecule has 0 bridgehead atoms. The minimum atomic E-state index is -0.661. The largest absolute Gasteiger partial charge is 2.00 e. The van der Waals surface area contributed by atoms with E-state index in [1.165, 1.54) is 39.6 Å². The van der Waals surface area contributed by atoms with E-state index in [9.17, 15) is 0 Å². The monoisotopic (exact) mass is 444 g/mol. The molecule has 3 aromatic rings. The van der Waals surface area contributed by atoms with Gasteiger partial charge in [-0.2, -0.15) is 0 Å². The molecule has 0 N–H and O–H groups in total. The van der Waals surface area contributed by atoms with Gasteiger partial charge in [-0.25, -0.2) is 0 Å². The molecule has 0 aliphatic heterocycles. The van der Waals surface area contributed by atoms with E-state index in [0.29, 0.717) is 0 Å². The summed E-state index contributed by atoms with van der Waals surface area (Å²) >= 11 is 0. The molecule has 2 saturated carbocycles. The van der Waals surface area contributed by atoms with Crippen molar-refractivity contribution >= 4 is 13.2 Å². The molecule has 0 aromatic heterocycles. The van der Waals surface area contributed by atoms with Crippen LogP contribution >= 0.6 is 7.92 Å². The first-order chi connectivity index (χ1) is 14.4. The second-order valence-electron chi connectivity index (χ2n) is 7.05. The standard InChI is InChI=1S/C28H21P.Fe/c1-4-12-22(13-5-1)25-18-10-20-27(25)29(24-16-8-3-9-17-24)28-21-11-19-26(28)23-14-6-2-7-15-23;/h1-21H;/q;+2. The van der Waals surface area contributed by atoms with Crippen molar-refractivity contribution in [2.75, 3.05) is 0 Å². The Morgan fingerprint density at radius 1 is 0.433 bits per heavy atom. The van der Waals surface area contributed by atoms with Crippen LogP contribution in [0.25, 0.3) is 0 Å². The maximum absolute atomic E-state index is 2.31. The summed E-state index contributed by atoms with van der Waals surface area (Å²) in [7, 11) is -0.661. The summed E-state index contributed by atoms with van der Waals surface area (Å²) in [6.07, 6.45) is 13.5. The van der Waals surface area contributed by atoms with Gasteiger partial charge in [-0.05, 0) is 55.0 Å². The van der Waals surface area contributed by atoms with Crippen LogP contribution in [0.2, 0.25) is 0 Å². The van der Waals surface area contributed by atoms with Gasteiger partial charge in [0.25, 0.3) is 0 Å². The third-order valence-electron chi connectivity index (χ3n) is 5.25. The van der Waals surface area contributed by atoms with Gasteiger partial charge in [-0.15, -0.1) is 0 Å². The number of benzene rings is 3. The first-order valence-electron chi connectivity index (χ1n) is 9.89. The van der Waals surface area contributed by atoms with Gasteiger partial charge in [0.15, 0.2) is 0 Å². The van der Waals surface area contributed by atoms with E-state index in [2.05, 4.69) is 130 Å². The average molecular weight is 444 g/mol. The Hall–Kier alpha value is -1.39. The van der Waals surface area contributed by atoms with Crippen molar-refractivity contribution in [3.63, 3.8) is 0 Å². The van der Waals surface area contributed by atoms with E-state index in [4.69, 9.17) is 0 Å². The van der Waals surface area contributed by atoms with Crippen LogP contribution in [0.5, 0.6) is 0 Å². The molecule has 0 atom stereocenters. The molecule has 0 spiro atoms. The summed E-state index contributed by atoms with van der Waals surface area (Å²) in [5.41, 5.74) is 5.40. The molecule has 0 heterocycles. The van der Waals surface area contributed by atoms with Crippen molar-refractivity contribution in [1.29, 1.82) is 0 Å². The molecule has 2 heteroatoms. The van der Waals surface area contributed by atoms with Crippen LogP contribution in [0.1, 0.15) is 11.1 Å². The van der Waals surface area contributed by atoms with Gasteiger partial charge >= 0.3 is 17.1 Å². The smallest absolute Gasteiger partial charge is 0.0622 e. The minimum absolute atomic E-state index is 0. The Balaban J connectivity index is 0.00000218. The third kappa shape index (κ3) is 4.45. The van der Waals surface area contributed by atoms with Gasteiger partial charge in [0.2, 0.25) is 0 Å². The van der Waals surface area contributed by atoms with Crippen molar-refractivity contribution in [3.8, 4) is 0 Å². The summed E-state index contributed by atoms with van der Waals surface area (Å²) in [5, 5.41) is 1.38. The maximum atomic E-state index is 2.31. The van der Waals surface area contributed by atoms with E-state index in [-0.39, 0.29) is 17.1 Å². The summed E-state index contributed by atoms with van der Waals surface area (Å²) in [6, 6.07) is 32.4. The zero-order chi connectivity index (χ0) is 19.5. The average Bonchev–Trinajstić information content (AvgIpc) is 3.47. The fourth-order valence-corrected chi connectivity index (χ4v) is 6.57. The molecule has 0 unspecified atom stereocenters. The van der Waals surface area contributed by atoms with Crippen molar-refractivity contribution < 1.29 is 17.1 Å². The van der Waals surface area contributed by atoms with Crippen LogP contribution in [0.15, 0.2) is 91.0 Å². The van der Waals surface area contributed by atoms with Gasteiger partial charge < -0.3 is 0 Å². The molecule has 0 amide bonds. The fourth-order valence-electron chi connectivity index (χ4n) is 3.92. The van der Waals surface area contributed by atoms with Crippen molar-refractivity contribution in [1.82, 2.24) is 0 Å². The zero-order valence-corrected chi connectivity index (χ0v) is 18.4. The van der Waals surface area contributed by atoms with Crippen LogP contribution in [-0.4, -0.2) is 0 Å². The molecule has 0 saturated heterocycles. The van der Waals surface area contributed by atoms with Gasteiger partial charge in [0, 0.05) is 23.2 Å². The molecule has 10 radical (unpaired) electrons. The second-order valence-corrected chi connectivity index (χ2v) is 9.20. The van der Waals surface area contributed by atoms with Crippen molar-refractivity contribution in [2.24, 2.45) is 0 Å². The van der Waals surface area contributed by atoms with Gasteiger partial charge in [0.1, 0.15) is 0 Å². The number of hydrogen-bond donors (Lipinski definition) is 0. The molecule has 144 valence electrons. The number of hydrogen-bond acceptors (Lipinski definition) is 0. The zero-order valence-electron chi connectivity index (χ0n) is 16.4. The van der Waals surface area contributed by atoms with E-state index in [1.54, 1.807) is 0 Å². The quantitative estimate of drug-likeness (QED) is 0.318. The van der Waals surface area contributed by atoms with E-state index < -0.39 is 7.92 Å². The van der Waals surface area contributed by atoms with E-state index >= 15 is 0 Å². The second kappa shape index (κ2) is 10.3.